The van der Waals surface area contributed by atoms with Crippen LogP contribution in [0.15, 0.2) is 29.3 Å². The Morgan fingerprint density at radius 3 is 2.57 bits per heavy atom. The first-order chi connectivity index (χ1) is 13.1. The van der Waals surface area contributed by atoms with Crippen LogP contribution < -0.4 is 5.32 Å². The number of carbonyl (C=O) groups excluding carboxylic acids is 1. The average Bonchev–Trinajstić information content (AvgIpc) is 3.08. The van der Waals surface area contributed by atoms with Gasteiger partial charge in [0.25, 0.3) is 0 Å². The number of benzene rings is 1. The summed E-state index contributed by atoms with van der Waals surface area (Å²) in [6.45, 7) is 3.64. The molecular formula is C20H30ClIN4O2. The van der Waals surface area contributed by atoms with E-state index in [9.17, 15) is 9.90 Å². The third kappa shape index (κ3) is 6.22. The van der Waals surface area contributed by atoms with Crippen LogP contribution in [0.2, 0.25) is 5.02 Å². The number of hydrogen-bond acceptors (Lipinski definition) is 3. The number of amides is 1. The van der Waals surface area contributed by atoms with Gasteiger partial charge in [0.2, 0.25) is 5.91 Å². The van der Waals surface area contributed by atoms with E-state index in [-0.39, 0.29) is 36.0 Å². The zero-order valence-corrected chi connectivity index (χ0v) is 19.4. The van der Waals surface area contributed by atoms with Gasteiger partial charge >= 0.3 is 0 Å². The van der Waals surface area contributed by atoms with E-state index < -0.39 is 0 Å². The molecule has 1 amide bonds. The molecule has 2 N–H and O–H groups in total. The molecule has 0 radical (unpaired) electrons. The third-order valence-electron chi connectivity index (χ3n) is 5.53. The normalized spacial score (nSPS) is 22.8. The highest BCUT2D eigenvalue weighted by atomic mass is 127. The zero-order chi connectivity index (χ0) is 19.2. The minimum absolute atomic E-state index is 0. The number of hydrogen-bond donors (Lipinski definition) is 2. The van der Waals surface area contributed by atoms with E-state index in [1.165, 1.54) is 0 Å². The van der Waals surface area contributed by atoms with E-state index in [4.69, 9.17) is 11.6 Å². The van der Waals surface area contributed by atoms with E-state index in [2.05, 4.69) is 15.2 Å². The van der Waals surface area contributed by atoms with Crippen LogP contribution >= 0.6 is 35.6 Å². The monoisotopic (exact) mass is 520 g/mol. The first kappa shape index (κ1) is 23.2. The molecule has 1 aliphatic carbocycles. The van der Waals surface area contributed by atoms with Crippen LogP contribution in [-0.2, 0) is 11.2 Å². The highest BCUT2D eigenvalue weighted by Gasteiger charge is 2.27. The summed E-state index contributed by atoms with van der Waals surface area (Å²) in [6.07, 6.45) is 3.25. The van der Waals surface area contributed by atoms with E-state index in [0.29, 0.717) is 30.5 Å². The lowest BCUT2D eigenvalue weighted by atomic mass is 10.1. The Hall–Kier alpha value is -1.06. The van der Waals surface area contributed by atoms with Crippen LogP contribution in [0.1, 0.15) is 24.8 Å². The maximum atomic E-state index is 12.6. The lowest BCUT2D eigenvalue weighted by Crippen LogP contribution is -2.54. The molecule has 1 heterocycles. The molecule has 1 saturated heterocycles. The summed E-state index contributed by atoms with van der Waals surface area (Å²) < 4.78 is 0. The molecule has 2 aliphatic rings. The highest BCUT2D eigenvalue weighted by Crippen LogP contribution is 2.24. The SMILES string of the molecule is CN=C(NCC1CCCC1O)N1CCN(C(=O)Cc2cccc(Cl)c2)CC1.I. The molecule has 1 aliphatic heterocycles. The van der Waals surface area contributed by atoms with Gasteiger partial charge in [-0.3, -0.25) is 9.79 Å². The van der Waals surface area contributed by atoms with Gasteiger partial charge in [-0.15, -0.1) is 24.0 Å². The molecule has 0 bridgehead atoms. The smallest absolute Gasteiger partial charge is 0.227 e. The fourth-order valence-corrected chi connectivity index (χ4v) is 4.12. The lowest BCUT2D eigenvalue weighted by molar-refractivity contribution is -0.131. The summed E-state index contributed by atoms with van der Waals surface area (Å²) in [5.74, 6) is 1.30. The van der Waals surface area contributed by atoms with Gasteiger partial charge in [-0.1, -0.05) is 30.2 Å². The topological polar surface area (TPSA) is 68.2 Å². The van der Waals surface area contributed by atoms with Crippen LogP contribution in [0.25, 0.3) is 0 Å². The number of aliphatic hydroxyl groups is 1. The number of rotatable bonds is 4. The number of aliphatic hydroxyl groups excluding tert-OH is 1. The van der Waals surface area contributed by atoms with Crippen LogP contribution in [0.4, 0.5) is 0 Å². The van der Waals surface area contributed by atoms with Crippen molar-refractivity contribution in [3.8, 4) is 0 Å². The molecule has 8 heteroatoms. The van der Waals surface area contributed by atoms with Gasteiger partial charge in [-0.2, -0.15) is 0 Å². The van der Waals surface area contributed by atoms with Crippen molar-refractivity contribution in [3.63, 3.8) is 0 Å². The van der Waals surface area contributed by atoms with Crippen molar-refractivity contribution >= 4 is 47.4 Å². The maximum absolute atomic E-state index is 12.6. The molecule has 2 fully saturated rings. The van der Waals surface area contributed by atoms with Gasteiger partial charge in [0.15, 0.2) is 5.96 Å². The van der Waals surface area contributed by atoms with Crippen molar-refractivity contribution in [2.24, 2.45) is 10.9 Å². The number of halogens is 2. The Bertz CT molecular complexity index is 680. The van der Waals surface area contributed by atoms with Gasteiger partial charge < -0.3 is 20.2 Å². The summed E-state index contributed by atoms with van der Waals surface area (Å²) in [7, 11) is 1.78. The van der Waals surface area contributed by atoms with Gasteiger partial charge in [0.05, 0.1) is 12.5 Å². The Labute approximate surface area is 189 Å². The van der Waals surface area contributed by atoms with Crippen LogP contribution in [-0.4, -0.2) is 72.6 Å². The predicted molar refractivity (Wildman–Crippen MR) is 123 cm³/mol. The fraction of sp³-hybridized carbons (Fsp3) is 0.600. The summed E-state index contributed by atoms with van der Waals surface area (Å²) in [4.78, 5) is 21.0. The molecule has 2 atom stereocenters. The van der Waals surface area contributed by atoms with Crippen LogP contribution in [0.5, 0.6) is 0 Å². The van der Waals surface area contributed by atoms with Crippen molar-refractivity contribution in [2.75, 3.05) is 39.8 Å². The molecule has 0 aromatic heterocycles. The summed E-state index contributed by atoms with van der Waals surface area (Å²) in [5, 5.41) is 14.0. The summed E-state index contributed by atoms with van der Waals surface area (Å²) in [5.41, 5.74) is 0.947. The molecule has 1 saturated carbocycles. The maximum Gasteiger partial charge on any atom is 0.227 e. The first-order valence-corrected chi connectivity index (χ1v) is 10.1. The van der Waals surface area contributed by atoms with Gasteiger partial charge in [0.1, 0.15) is 0 Å². The molecule has 28 heavy (non-hydrogen) atoms. The van der Waals surface area contributed by atoms with Crippen molar-refractivity contribution in [2.45, 2.75) is 31.8 Å². The van der Waals surface area contributed by atoms with Crippen molar-refractivity contribution in [3.05, 3.63) is 34.9 Å². The Morgan fingerprint density at radius 1 is 1.25 bits per heavy atom. The molecule has 2 unspecified atom stereocenters. The van der Waals surface area contributed by atoms with Crippen LogP contribution in [0.3, 0.4) is 0 Å². The van der Waals surface area contributed by atoms with E-state index in [1.807, 2.05) is 29.2 Å². The second-order valence-electron chi connectivity index (χ2n) is 7.36. The van der Waals surface area contributed by atoms with E-state index in [1.54, 1.807) is 7.05 Å². The number of guanidine groups is 1. The Balaban J connectivity index is 0.00000280. The molecule has 1 aromatic rings. The van der Waals surface area contributed by atoms with Gasteiger partial charge in [0, 0.05) is 50.7 Å². The second-order valence-corrected chi connectivity index (χ2v) is 7.80. The minimum Gasteiger partial charge on any atom is -0.393 e. The fourth-order valence-electron chi connectivity index (χ4n) is 3.91. The predicted octanol–water partition coefficient (Wildman–Crippen LogP) is 2.38. The van der Waals surface area contributed by atoms with E-state index in [0.717, 1.165) is 50.4 Å². The molecule has 3 rings (SSSR count). The largest absolute Gasteiger partial charge is 0.393 e. The first-order valence-electron chi connectivity index (χ1n) is 9.72. The quantitative estimate of drug-likeness (QED) is 0.363. The van der Waals surface area contributed by atoms with Gasteiger partial charge in [-0.05, 0) is 30.5 Å². The highest BCUT2D eigenvalue weighted by molar-refractivity contribution is 14.0. The summed E-state index contributed by atoms with van der Waals surface area (Å²) >= 11 is 6.00. The van der Waals surface area contributed by atoms with Crippen molar-refractivity contribution in [1.29, 1.82) is 0 Å². The second kappa shape index (κ2) is 11.2. The van der Waals surface area contributed by atoms with Gasteiger partial charge in [-0.25, -0.2) is 0 Å². The van der Waals surface area contributed by atoms with Crippen molar-refractivity contribution < 1.29 is 9.90 Å². The van der Waals surface area contributed by atoms with Crippen LogP contribution in [0, 0.1) is 5.92 Å². The Kier molecular flexibility index (Phi) is 9.30. The average molecular weight is 521 g/mol. The number of nitrogens with one attached hydrogen (secondary N) is 1. The third-order valence-corrected chi connectivity index (χ3v) is 5.76. The zero-order valence-electron chi connectivity index (χ0n) is 16.3. The molecule has 6 nitrogen and oxygen atoms in total. The minimum atomic E-state index is -0.198. The molecule has 1 aromatic carbocycles. The Morgan fingerprint density at radius 2 is 1.96 bits per heavy atom. The number of carbonyl (C=O) groups is 1. The lowest BCUT2D eigenvalue weighted by Gasteiger charge is -2.37. The van der Waals surface area contributed by atoms with E-state index >= 15 is 0 Å². The summed E-state index contributed by atoms with van der Waals surface area (Å²) in [6, 6.07) is 7.47. The van der Waals surface area contributed by atoms with Crippen molar-refractivity contribution in [1.82, 2.24) is 15.1 Å². The number of piperazine rings is 1. The number of aliphatic imine (C=N–C) groups is 1. The molecule has 0 spiro atoms. The standard InChI is InChI=1S/C20H29ClN4O2.HI/c1-22-20(23-14-16-5-3-7-18(16)26)25-10-8-24(9-11-25)19(27)13-15-4-2-6-17(21)12-15;/h2,4,6,12,16,18,26H,3,5,7-11,13-14H2,1H3,(H,22,23);1H. The number of nitrogens with zero attached hydrogens (tertiary/aromatic N) is 3. The molecule has 156 valence electrons. The molecular weight excluding hydrogens is 491 g/mol.